The van der Waals surface area contributed by atoms with E-state index in [0.29, 0.717) is 5.69 Å². The lowest BCUT2D eigenvalue weighted by molar-refractivity contribution is -0.383. The van der Waals surface area contributed by atoms with Crippen LogP contribution in [0.25, 0.3) is 10.9 Å². The molecule has 0 aliphatic carbocycles. The molecule has 0 radical (unpaired) electrons. The number of hydrogen-bond acceptors (Lipinski definition) is 5. The summed E-state index contributed by atoms with van der Waals surface area (Å²) in [6, 6.07) is 10.5. The highest BCUT2D eigenvalue weighted by Crippen LogP contribution is 2.29. The van der Waals surface area contributed by atoms with Gasteiger partial charge in [-0.3, -0.25) is 14.9 Å². The Kier molecular flexibility index (Phi) is 3.30. The van der Waals surface area contributed by atoms with Crippen molar-refractivity contribution in [2.24, 2.45) is 0 Å². The van der Waals surface area contributed by atoms with Crippen molar-refractivity contribution >= 4 is 28.0 Å². The van der Waals surface area contributed by atoms with Crippen LogP contribution in [0.5, 0.6) is 0 Å². The minimum atomic E-state index is -0.550. The second-order valence-corrected chi connectivity index (χ2v) is 4.84. The molecule has 0 saturated heterocycles. The summed E-state index contributed by atoms with van der Waals surface area (Å²) in [5.74, 6) is 0. The zero-order valence-corrected chi connectivity index (χ0v) is 11.7. The molecule has 0 unspecified atom stereocenters. The second kappa shape index (κ2) is 5.28. The lowest BCUT2D eigenvalue weighted by Crippen LogP contribution is -2.10. The van der Waals surface area contributed by atoms with E-state index in [0.717, 1.165) is 17.6 Å². The smallest absolute Gasteiger partial charge is 0.295 e. The molecule has 3 aromatic rings. The number of nitrogens with zero attached hydrogens (tertiary/aromatic N) is 2. The van der Waals surface area contributed by atoms with Gasteiger partial charge in [-0.2, -0.15) is 0 Å². The first-order valence-electron chi connectivity index (χ1n) is 6.55. The van der Waals surface area contributed by atoms with Crippen molar-refractivity contribution in [2.75, 3.05) is 5.32 Å². The van der Waals surface area contributed by atoms with E-state index >= 15 is 0 Å². The number of H-pyrrole nitrogens is 1. The van der Waals surface area contributed by atoms with E-state index in [4.69, 9.17) is 0 Å². The maximum atomic E-state index is 12.1. The fourth-order valence-corrected chi connectivity index (χ4v) is 2.30. The van der Waals surface area contributed by atoms with Crippen LogP contribution in [0.4, 0.5) is 17.1 Å². The molecule has 2 N–H and O–H groups in total. The van der Waals surface area contributed by atoms with Gasteiger partial charge < -0.3 is 10.3 Å². The van der Waals surface area contributed by atoms with Crippen molar-refractivity contribution in [1.29, 1.82) is 0 Å². The third-order valence-electron chi connectivity index (χ3n) is 3.27. The molecule has 2 aromatic carbocycles. The summed E-state index contributed by atoms with van der Waals surface area (Å²) < 4.78 is 0. The van der Waals surface area contributed by atoms with E-state index in [2.05, 4.69) is 15.3 Å². The highest BCUT2D eigenvalue weighted by atomic mass is 16.6. The van der Waals surface area contributed by atoms with Gasteiger partial charge in [0.1, 0.15) is 0 Å². The fraction of sp³-hybridized carbons (Fsp3) is 0.0667. The van der Waals surface area contributed by atoms with Crippen LogP contribution in [-0.4, -0.2) is 14.9 Å². The Bertz CT molecular complexity index is 933. The highest BCUT2D eigenvalue weighted by molar-refractivity contribution is 5.97. The molecule has 0 spiro atoms. The number of fused-ring (bicyclic) bond motifs is 1. The molecule has 1 heterocycles. The van der Waals surface area contributed by atoms with Gasteiger partial charge >= 0.3 is 0 Å². The SMILES string of the molecule is Cc1cccc(Nc2ccc([N+](=O)[O-])c3nc[nH]c(=O)c23)c1. The number of nitro groups is 1. The third-order valence-corrected chi connectivity index (χ3v) is 3.27. The van der Waals surface area contributed by atoms with Gasteiger partial charge in [0, 0.05) is 11.8 Å². The normalized spacial score (nSPS) is 10.6. The zero-order valence-electron chi connectivity index (χ0n) is 11.7. The predicted octanol–water partition coefficient (Wildman–Crippen LogP) is 2.88. The van der Waals surface area contributed by atoms with Crippen molar-refractivity contribution < 1.29 is 4.92 Å². The number of non-ortho nitro benzene ring substituents is 1. The lowest BCUT2D eigenvalue weighted by Gasteiger charge is -2.09. The van der Waals surface area contributed by atoms with Gasteiger partial charge in [-0.1, -0.05) is 12.1 Å². The van der Waals surface area contributed by atoms with Gasteiger partial charge in [-0.05, 0) is 30.7 Å². The quantitative estimate of drug-likeness (QED) is 0.571. The summed E-state index contributed by atoms with van der Waals surface area (Å²) >= 11 is 0. The average molecular weight is 296 g/mol. The summed E-state index contributed by atoms with van der Waals surface area (Å²) in [7, 11) is 0. The van der Waals surface area contributed by atoms with Crippen molar-refractivity contribution in [3.8, 4) is 0 Å². The van der Waals surface area contributed by atoms with Crippen LogP contribution in [0.3, 0.4) is 0 Å². The standard InChI is InChI=1S/C15H12N4O3/c1-9-3-2-4-10(7-9)18-11-5-6-12(19(21)22)14-13(11)15(20)17-8-16-14/h2-8,18H,1H3,(H,16,17,20). The van der Waals surface area contributed by atoms with Crippen molar-refractivity contribution in [1.82, 2.24) is 9.97 Å². The van der Waals surface area contributed by atoms with Gasteiger partial charge in [0.2, 0.25) is 0 Å². The van der Waals surface area contributed by atoms with E-state index < -0.39 is 10.5 Å². The summed E-state index contributed by atoms with van der Waals surface area (Å²) in [5.41, 5.74) is 1.76. The molecule has 0 aliphatic rings. The number of rotatable bonds is 3. The summed E-state index contributed by atoms with van der Waals surface area (Å²) in [6.07, 6.45) is 1.16. The Morgan fingerprint density at radius 2 is 2.09 bits per heavy atom. The number of benzene rings is 2. The van der Waals surface area contributed by atoms with E-state index in [1.54, 1.807) is 0 Å². The number of nitro benzene ring substituents is 1. The molecule has 0 saturated carbocycles. The summed E-state index contributed by atoms with van der Waals surface area (Å²) in [6.45, 7) is 1.95. The summed E-state index contributed by atoms with van der Waals surface area (Å²) in [5, 5.41) is 14.4. The van der Waals surface area contributed by atoms with Gasteiger partial charge in [-0.15, -0.1) is 0 Å². The zero-order chi connectivity index (χ0) is 15.7. The minimum Gasteiger partial charge on any atom is -0.355 e. The molecular weight excluding hydrogens is 284 g/mol. The molecule has 1 aromatic heterocycles. The monoisotopic (exact) mass is 296 g/mol. The molecule has 110 valence electrons. The first-order valence-corrected chi connectivity index (χ1v) is 6.55. The van der Waals surface area contributed by atoms with Crippen LogP contribution in [0.1, 0.15) is 5.56 Å². The first-order chi connectivity index (χ1) is 10.6. The number of aromatic amines is 1. The van der Waals surface area contributed by atoms with E-state index in [1.165, 1.54) is 12.1 Å². The van der Waals surface area contributed by atoms with Crippen LogP contribution in [-0.2, 0) is 0 Å². The number of nitrogens with one attached hydrogen (secondary N) is 2. The second-order valence-electron chi connectivity index (χ2n) is 4.84. The molecule has 0 fully saturated rings. The Labute approximate surface area is 124 Å². The van der Waals surface area contributed by atoms with Gasteiger partial charge in [0.05, 0.1) is 22.3 Å². The molecule has 0 bridgehead atoms. The summed E-state index contributed by atoms with van der Waals surface area (Å²) in [4.78, 5) is 29.0. The molecule has 7 nitrogen and oxygen atoms in total. The Morgan fingerprint density at radius 1 is 1.27 bits per heavy atom. The molecule has 22 heavy (non-hydrogen) atoms. The van der Waals surface area contributed by atoms with Crippen molar-refractivity contribution in [2.45, 2.75) is 6.92 Å². The maximum absolute atomic E-state index is 12.1. The van der Waals surface area contributed by atoms with Crippen LogP contribution in [0.15, 0.2) is 47.5 Å². The van der Waals surface area contributed by atoms with Gasteiger partial charge in [0.25, 0.3) is 11.2 Å². The largest absolute Gasteiger partial charge is 0.355 e. The number of anilines is 2. The Morgan fingerprint density at radius 3 is 2.82 bits per heavy atom. The molecule has 7 heteroatoms. The van der Waals surface area contributed by atoms with Gasteiger partial charge in [0.15, 0.2) is 5.52 Å². The van der Waals surface area contributed by atoms with Crippen molar-refractivity contribution in [3.63, 3.8) is 0 Å². The lowest BCUT2D eigenvalue weighted by atomic mass is 10.1. The van der Waals surface area contributed by atoms with E-state index in [9.17, 15) is 14.9 Å². The Balaban J connectivity index is 2.21. The maximum Gasteiger partial charge on any atom is 0.295 e. The predicted molar refractivity (Wildman–Crippen MR) is 83.5 cm³/mol. The molecule has 3 rings (SSSR count). The topological polar surface area (TPSA) is 101 Å². The average Bonchev–Trinajstić information content (AvgIpc) is 2.47. The van der Waals surface area contributed by atoms with E-state index in [1.807, 2.05) is 31.2 Å². The van der Waals surface area contributed by atoms with Crippen LogP contribution >= 0.6 is 0 Å². The number of aryl methyl sites for hydroxylation is 1. The van der Waals surface area contributed by atoms with Gasteiger partial charge in [-0.25, -0.2) is 4.98 Å². The Hall–Kier alpha value is -3.22. The van der Waals surface area contributed by atoms with Crippen LogP contribution in [0, 0.1) is 17.0 Å². The fourth-order valence-electron chi connectivity index (χ4n) is 2.30. The number of hydrogen-bond donors (Lipinski definition) is 2. The van der Waals surface area contributed by atoms with Crippen molar-refractivity contribution in [3.05, 3.63) is 68.8 Å². The molecule has 0 atom stereocenters. The van der Waals surface area contributed by atoms with Crippen LogP contribution < -0.4 is 10.9 Å². The molecule has 0 aliphatic heterocycles. The van der Waals surface area contributed by atoms with Crippen LogP contribution in [0.2, 0.25) is 0 Å². The molecular formula is C15H12N4O3. The highest BCUT2D eigenvalue weighted by Gasteiger charge is 2.18. The minimum absolute atomic E-state index is 0.0615. The third kappa shape index (κ3) is 2.39. The first kappa shape index (κ1) is 13.7. The number of aromatic nitrogens is 2. The molecule has 0 amide bonds. The van der Waals surface area contributed by atoms with E-state index in [-0.39, 0.29) is 16.6 Å².